The molecule has 5 nitrogen and oxygen atoms in total. The van der Waals surface area contributed by atoms with Crippen LogP contribution in [0.5, 0.6) is 5.75 Å². The summed E-state index contributed by atoms with van der Waals surface area (Å²) in [7, 11) is 4.34. The molecule has 0 aliphatic carbocycles. The molecule has 0 N–H and O–H groups in total. The first-order chi connectivity index (χ1) is 28.2. The molecule has 0 radical (unpaired) electrons. The van der Waals surface area contributed by atoms with E-state index in [-0.39, 0.29) is 0 Å². The van der Waals surface area contributed by atoms with Crippen LogP contribution in [-0.2, 0) is 9.47 Å². The van der Waals surface area contributed by atoms with Gasteiger partial charge in [0.15, 0.2) is 0 Å². The smallest absolute Gasteiger partial charge is 0.339 e. The van der Waals surface area contributed by atoms with Crippen molar-refractivity contribution in [1.82, 2.24) is 0 Å². The standard InChI is InChI=1S/C51H30Br2O5/c1-56-49-43-8-4-6-37(22-12-35-14-24-39(47(30-35)50(54)57-2)20-10-33-16-26-41(52)27-17-33)45(43)32-46-38(7-5-9-44(46)49)23-13-36-15-25-40(48(31-36)51(55)58-3)21-11-34-18-28-42(53)29-19-34/h4-9,14-19,24-32H,1-3H3. The van der Waals surface area contributed by atoms with Gasteiger partial charge in [-0.3, -0.25) is 0 Å². The molecule has 0 aliphatic rings. The average Bonchev–Trinajstić information content (AvgIpc) is 3.26. The number of ether oxygens (including phenoxy) is 3. The van der Waals surface area contributed by atoms with E-state index in [1.165, 1.54) is 14.2 Å². The third-order valence-electron chi connectivity index (χ3n) is 9.10. The number of hydrogen-bond donors (Lipinski definition) is 0. The zero-order chi connectivity index (χ0) is 40.6. The highest BCUT2D eigenvalue weighted by molar-refractivity contribution is 9.10. The summed E-state index contributed by atoms with van der Waals surface area (Å²) >= 11 is 6.88. The van der Waals surface area contributed by atoms with E-state index in [9.17, 15) is 9.59 Å². The Bertz CT molecular complexity index is 2820. The monoisotopic (exact) mass is 880 g/mol. The minimum Gasteiger partial charge on any atom is -0.495 e. The molecule has 0 saturated heterocycles. The molecular weight excluding hydrogens is 852 g/mol. The van der Waals surface area contributed by atoms with Crippen LogP contribution in [0.4, 0.5) is 0 Å². The Labute approximate surface area is 353 Å². The van der Waals surface area contributed by atoms with Crippen molar-refractivity contribution in [1.29, 1.82) is 0 Å². The van der Waals surface area contributed by atoms with Crippen molar-refractivity contribution >= 4 is 65.3 Å². The van der Waals surface area contributed by atoms with Crippen molar-refractivity contribution in [2.24, 2.45) is 0 Å². The third-order valence-corrected chi connectivity index (χ3v) is 10.2. The van der Waals surface area contributed by atoms with Gasteiger partial charge in [0.25, 0.3) is 0 Å². The van der Waals surface area contributed by atoms with Crippen LogP contribution >= 0.6 is 31.9 Å². The van der Waals surface area contributed by atoms with Crippen LogP contribution in [-0.4, -0.2) is 33.3 Å². The second kappa shape index (κ2) is 17.9. The fourth-order valence-electron chi connectivity index (χ4n) is 6.21. The first kappa shape index (κ1) is 39.2. The van der Waals surface area contributed by atoms with E-state index in [0.717, 1.165) is 52.7 Å². The Morgan fingerprint density at radius 1 is 0.414 bits per heavy atom. The van der Waals surface area contributed by atoms with Crippen LogP contribution in [0.15, 0.2) is 136 Å². The van der Waals surface area contributed by atoms with Gasteiger partial charge in [0.1, 0.15) is 5.75 Å². The van der Waals surface area contributed by atoms with E-state index in [2.05, 4.69) is 85.3 Å². The molecule has 58 heavy (non-hydrogen) atoms. The lowest BCUT2D eigenvalue weighted by molar-refractivity contribution is 0.0591. The molecule has 0 unspecified atom stereocenters. The molecule has 0 amide bonds. The van der Waals surface area contributed by atoms with E-state index in [1.54, 1.807) is 31.4 Å². The Morgan fingerprint density at radius 2 is 0.793 bits per heavy atom. The number of methoxy groups -OCH3 is 3. The molecule has 7 aromatic carbocycles. The highest BCUT2D eigenvalue weighted by Crippen LogP contribution is 2.37. The van der Waals surface area contributed by atoms with Gasteiger partial charge in [0, 0.05) is 75.0 Å². The summed E-state index contributed by atoms with van der Waals surface area (Å²) in [5.41, 5.74) is 6.16. The van der Waals surface area contributed by atoms with Crippen LogP contribution < -0.4 is 4.74 Å². The Morgan fingerprint density at radius 3 is 1.19 bits per heavy atom. The van der Waals surface area contributed by atoms with Crippen LogP contribution in [0.1, 0.15) is 65.2 Å². The van der Waals surface area contributed by atoms with Crippen LogP contribution in [0.3, 0.4) is 0 Å². The molecule has 0 saturated carbocycles. The lowest BCUT2D eigenvalue weighted by atomic mass is 9.95. The van der Waals surface area contributed by atoms with Gasteiger partial charge in [-0.25, -0.2) is 9.59 Å². The van der Waals surface area contributed by atoms with Crippen LogP contribution in [0.2, 0.25) is 0 Å². The summed E-state index contributed by atoms with van der Waals surface area (Å²) < 4.78 is 18.1. The van der Waals surface area contributed by atoms with Crippen molar-refractivity contribution in [3.63, 3.8) is 0 Å². The Hall–Kier alpha value is -7.00. The van der Waals surface area contributed by atoms with E-state index >= 15 is 0 Å². The van der Waals surface area contributed by atoms with Crippen molar-refractivity contribution in [2.75, 3.05) is 21.3 Å². The van der Waals surface area contributed by atoms with E-state index in [1.807, 2.05) is 97.1 Å². The minimum atomic E-state index is -0.499. The van der Waals surface area contributed by atoms with E-state index in [4.69, 9.17) is 14.2 Å². The van der Waals surface area contributed by atoms with Gasteiger partial charge in [-0.05, 0) is 103 Å². The topological polar surface area (TPSA) is 61.8 Å². The number of halogens is 2. The van der Waals surface area contributed by atoms with Crippen molar-refractivity contribution in [2.45, 2.75) is 0 Å². The summed E-state index contributed by atoms with van der Waals surface area (Å²) in [6.45, 7) is 0. The lowest BCUT2D eigenvalue weighted by Gasteiger charge is -2.12. The number of rotatable bonds is 3. The zero-order valence-electron chi connectivity index (χ0n) is 31.4. The summed E-state index contributed by atoms with van der Waals surface area (Å²) in [6, 6.07) is 39.8. The molecule has 0 atom stereocenters. The van der Waals surface area contributed by atoms with Gasteiger partial charge in [-0.1, -0.05) is 103 Å². The molecule has 0 spiro atoms. The highest BCUT2D eigenvalue weighted by atomic mass is 79.9. The zero-order valence-corrected chi connectivity index (χ0v) is 34.6. The van der Waals surface area contributed by atoms with Gasteiger partial charge in [0.2, 0.25) is 0 Å². The first-order valence-corrected chi connectivity index (χ1v) is 19.4. The highest BCUT2D eigenvalue weighted by Gasteiger charge is 2.15. The number of hydrogen-bond acceptors (Lipinski definition) is 5. The Balaban J connectivity index is 1.26. The largest absolute Gasteiger partial charge is 0.495 e. The van der Waals surface area contributed by atoms with Crippen LogP contribution in [0, 0.1) is 47.4 Å². The number of esters is 2. The molecule has 0 bridgehead atoms. The number of benzene rings is 7. The number of carbonyl (C=O) groups is 2. The first-order valence-electron chi connectivity index (χ1n) is 17.8. The molecule has 278 valence electrons. The summed E-state index contributed by atoms with van der Waals surface area (Å²) in [6.07, 6.45) is 0. The lowest BCUT2D eigenvalue weighted by Crippen LogP contribution is -2.04. The van der Waals surface area contributed by atoms with Gasteiger partial charge >= 0.3 is 11.9 Å². The fraction of sp³-hybridized carbons (Fsp3) is 0.0588. The van der Waals surface area contributed by atoms with Crippen molar-refractivity contribution in [3.05, 3.63) is 192 Å². The molecule has 7 rings (SSSR count). The second-order valence-corrected chi connectivity index (χ2v) is 14.6. The van der Waals surface area contributed by atoms with E-state index in [0.29, 0.717) is 39.1 Å². The Kier molecular flexibility index (Phi) is 12.1. The maximum atomic E-state index is 12.8. The fourth-order valence-corrected chi connectivity index (χ4v) is 6.74. The SMILES string of the molecule is COC(=O)c1cc(C#Cc2cccc3c(OC)c4cccc(C#Cc5ccc(C#Cc6ccc(Br)cc6)c(C(=O)OC)c5)c4cc23)ccc1C#Cc1ccc(Br)cc1. The maximum absolute atomic E-state index is 12.8. The van der Waals surface area contributed by atoms with Gasteiger partial charge in [0.05, 0.1) is 32.5 Å². The molecule has 0 aliphatic heterocycles. The second-order valence-electron chi connectivity index (χ2n) is 12.7. The maximum Gasteiger partial charge on any atom is 0.339 e. The quantitative estimate of drug-likeness (QED) is 0.101. The normalized spacial score (nSPS) is 10.1. The van der Waals surface area contributed by atoms with Crippen LogP contribution in [0.25, 0.3) is 21.5 Å². The number of fused-ring (bicyclic) bond motifs is 2. The summed E-state index contributed by atoms with van der Waals surface area (Å²) in [4.78, 5) is 25.7. The molecule has 7 aromatic rings. The predicted molar refractivity (Wildman–Crippen MR) is 236 cm³/mol. The summed E-state index contributed by atoms with van der Waals surface area (Å²) in [5, 5.41) is 3.53. The molecule has 0 aromatic heterocycles. The van der Waals surface area contributed by atoms with Gasteiger partial charge in [-0.2, -0.15) is 0 Å². The van der Waals surface area contributed by atoms with E-state index < -0.39 is 11.9 Å². The molecule has 7 heteroatoms. The minimum absolute atomic E-state index is 0.328. The molecular formula is C51H30Br2O5. The van der Waals surface area contributed by atoms with Gasteiger partial charge < -0.3 is 14.2 Å². The summed E-state index contributed by atoms with van der Waals surface area (Å²) in [5.74, 6) is 25.3. The predicted octanol–water partition coefficient (Wildman–Crippen LogP) is 10.7. The van der Waals surface area contributed by atoms with Crippen molar-refractivity contribution in [3.8, 4) is 53.1 Å². The third kappa shape index (κ3) is 8.84. The molecule has 0 heterocycles. The number of carbonyl (C=O) groups excluding carboxylic acids is 2. The van der Waals surface area contributed by atoms with Crippen molar-refractivity contribution < 1.29 is 23.8 Å². The van der Waals surface area contributed by atoms with Gasteiger partial charge in [-0.15, -0.1) is 0 Å². The average molecular weight is 883 g/mol. The molecule has 0 fully saturated rings.